The molecule has 1 saturated heterocycles. The highest BCUT2D eigenvalue weighted by Gasteiger charge is 2.40. The molecule has 4 heteroatoms. The number of carbonyl (C=O) groups is 1. The van der Waals surface area contributed by atoms with Crippen LogP contribution >= 0.6 is 11.6 Å². The van der Waals surface area contributed by atoms with Crippen molar-refractivity contribution in [2.75, 3.05) is 6.54 Å². The molecule has 1 aromatic carbocycles. The lowest BCUT2D eigenvalue weighted by atomic mass is 10.0. The van der Waals surface area contributed by atoms with Gasteiger partial charge < -0.3 is 4.90 Å². The van der Waals surface area contributed by atoms with E-state index < -0.39 is 0 Å². The van der Waals surface area contributed by atoms with Crippen LogP contribution in [0.4, 0.5) is 0 Å². The van der Waals surface area contributed by atoms with Crippen LogP contribution in [0, 0.1) is 5.92 Å². The maximum Gasteiger partial charge on any atom is 0.241 e. The molecule has 3 nitrogen and oxygen atoms in total. The molecule has 1 aromatic rings. The van der Waals surface area contributed by atoms with E-state index in [2.05, 4.69) is 26.1 Å². The number of amides is 1. The Kier molecular flexibility index (Phi) is 5.65. The van der Waals surface area contributed by atoms with Gasteiger partial charge in [0.1, 0.15) is 6.17 Å². The summed E-state index contributed by atoms with van der Waals surface area (Å²) < 4.78 is 0. The SMILES string of the molecule is CCCCCN1C(=O)C(C(C)C)NC1c1cccc(Cl)c1. The van der Waals surface area contributed by atoms with Crippen LogP contribution in [0.1, 0.15) is 51.8 Å². The summed E-state index contributed by atoms with van der Waals surface area (Å²) in [6.45, 7) is 7.15. The van der Waals surface area contributed by atoms with Crippen LogP contribution < -0.4 is 5.32 Å². The van der Waals surface area contributed by atoms with Crippen LogP contribution in [0.5, 0.6) is 0 Å². The minimum absolute atomic E-state index is 0.0551. The van der Waals surface area contributed by atoms with E-state index in [0.717, 1.165) is 31.4 Å². The number of carbonyl (C=O) groups excluding carboxylic acids is 1. The number of halogens is 1. The average Bonchev–Trinajstić information content (AvgIpc) is 2.77. The van der Waals surface area contributed by atoms with Gasteiger partial charge in [0.25, 0.3) is 0 Å². The Morgan fingerprint density at radius 1 is 1.33 bits per heavy atom. The third-order valence-electron chi connectivity index (χ3n) is 4.03. The van der Waals surface area contributed by atoms with Gasteiger partial charge >= 0.3 is 0 Å². The summed E-state index contributed by atoms with van der Waals surface area (Å²) in [5.74, 6) is 0.501. The van der Waals surface area contributed by atoms with Gasteiger partial charge in [0, 0.05) is 11.6 Å². The minimum Gasteiger partial charge on any atom is -0.322 e. The standard InChI is InChI=1S/C17H25ClN2O/c1-4-5-6-10-20-16(13-8-7-9-14(18)11-13)19-15(12(2)3)17(20)21/h7-9,11-12,15-16,19H,4-6,10H2,1-3H3. The summed E-state index contributed by atoms with van der Waals surface area (Å²) in [4.78, 5) is 14.6. The zero-order valence-electron chi connectivity index (χ0n) is 13.1. The number of rotatable bonds is 6. The molecule has 0 aliphatic carbocycles. The molecule has 0 radical (unpaired) electrons. The van der Waals surface area contributed by atoms with Crippen molar-refractivity contribution in [2.45, 2.75) is 52.2 Å². The van der Waals surface area contributed by atoms with E-state index in [9.17, 15) is 4.79 Å². The first-order valence-electron chi connectivity index (χ1n) is 7.86. The molecule has 1 amide bonds. The van der Waals surface area contributed by atoms with E-state index >= 15 is 0 Å². The third kappa shape index (κ3) is 3.78. The van der Waals surface area contributed by atoms with Gasteiger partial charge in [0.05, 0.1) is 6.04 Å². The van der Waals surface area contributed by atoms with Gasteiger partial charge in [-0.1, -0.05) is 57.3 Å². The fourth-order valence-corrected chi connectivity index (χ4v) is 3.04. The van der Waals surface area contributed by atoms with Gasteiger partial charge in [0.15, 0.2) is 0 Å². The maximum absolute atomic E-state index is 12.6. The number of nitrogens with zero attached hydrogens (tertiary/aromatic N) is 1. The topological polar surface area (TPSA) is 32.3 Å². The van der Waals surface area contributed by atoms with Crippen LogP contribution in [0.15, 0.2) is 24.3 Å². The largest absolute Gasteiger partial charge is 0.322 e. The predicted molar refractivity (Wildman–Crippen MR) is 87.2 cm³/mol. The zero-order chi connectivity index (χ0) is 15.4. The van der Waals surface area contributed by atoms with Crippen LogP contribution in [0.25, 0.3) is 0 Å². The van der Waals surface area contributed by atoms with Crippen LogP contribution in [0.2, 0.25) is 5.02 Å². The van der Waals surface area contributed by atoms with Crippen molar-refractivity contribution >= 4 is 17.5 Å². The zero-order valence-corrected chi connectivity index (χ0v) is 13.9. The molecule has 0 aromatic heterocycles. The third-order valence-corrected chi connectivity index (χ3v) is 4.27. The number of hydrogen-bond donors (Lipinski definition) is 1. The van der Waals surface area contributed by atoms with E-state index in [1.807, 2.05) is 29.2 Å². The summed E-state index contributed by atoms with van der Waals surface area (Å²) in [6, 6.07) is 7.68. The predicted octanol–water partition coefficient (Wildman–Crippen LogP) is 3.99. The van der Waals surface area contributed by atoms with E-state index in [-0.39, 0.29) is 24.0 Å². The Morgan fingerprint density at radius 3 is 2.71 bits per heavy atom. The number of hydrogen-bond acceptors (Lipinski definition) is 2. The summed E-state index contributed by atoms with van der Waals surface area (Å²) in [5.41, 5.74) is 1.07. The van der Waals surface area contributed by atoms with Crippen molar-refractivity contribution in [1.29, 1.82) is 0 Å². The van der Waals surface area contributed by atoms with Crippen molar-refractivity contribution < 1.29 is 4.79 Å². The quantitative estimate of drug-likeness (QED) is 0.806. The van der Waals surface area contributed by atoms with Crippen LogP contribution in [-0.4, -0.2) is 23.4 Å². The first-order valence-corrected chi connectivity index (χ1v) is 8.24. The second-order valence-electron chi connectivity index (χ2n) is 6.08. The molecule has 116 valence electrons. The molecule has 1 aliphatic heterocycles. The van der Waals surface area contributed by atoms with Gasteiger partial charge in [-0.05, 0) is 30.0 Å². The molecule has 0 saturated carbocycles. The smallest absolute Gasteiger partial charge is 0.241 e. The van der Waals surface area contributed by atoms with Crippen molar-refractivity contribution in [2.24, 2.45) is 5.92 Å². The Labute approximate surface area is 132 Å². The molecule has 2 unspecified atom stereocenters. The van der Waals surface area contributed by atoms with Crippen molar-refractivity contribution in [3.63, 3.8) is 0 Å². The Balaban J connectivity index is 2.21. The molecule has 0 bridgehead atoms. The van der Waals surface area contributed by atoms with E-state index in [0.29, 0.717) is 5.02 Å². The highest BCUT2D eigenvalue weighted by Crippen LogP contribution is 2.29. The van der Waals surface area contributed by atoms with Crippen LogP contribution in [0.3, 0.4) is 0 Å². The molecule has 1 aliphatic rings. The van der Waals surface area contributed by atoms with E-state index in [4.69, 9.17) is 11.6 Å². The Morgan fingerprint density at radius 2 is 2.10 bits per heavy atom. The van der Waals surface area contributed by atoms with Gasteiger partial charge in [0.2, 0.25) is 5.91 Å². The van der Waals surface area contributed by atoms with E-state index in [1.165, 1.54) is 0 Å². The average molecular weight is 309 g/mol. The minimum atomic E-state index is -0.101. The first kappa shape index (κ1) is 16.3. The Bertz CT molecular complexity index is 489. The van der Waals surface area contributed by atoms with Crippen LogP contribution in [-0.2, 0) is 4.79 Å². The van der Waals surface area contributed by atoms with Crippen molar-refractivity contribution in [3.8, 4) is 0 Å². The summed E-state index contributed by atoms with van der Waals surface area (Å²) in [6.07, 6.45) is 3.30. The molecule has 21 heavy (non-hydrogen) atoms. The fourth-order valence-electron chi connectivity index (χ4n) is 2.84. The maximum atomic E-state index is 12.6. The monoisotopic (exact) mass is 308 g/mol. The number of nitrogens with one attached hydrogen (secondary N) is 1. The lowest BCUT2D eigenvalue weighted by Crippen LogP contribution is -2.34. The summed E-state index contributed by atoms with van der Waals surface area (Å²) in [7, 11) is 0. The fraction of sp³-hybridized carbons (Fsp3) is 0.588. The van der Waals surface area contributed by atoms with Gasteiger partial charge in [-0.25, -0.2) is 0 Å². The molecular weight excluding hydrogens is 284 g/mol. The van der Waals surface area contributed by atoms with E-state index in [1.54, 1.807) is 0 Å². The second kappa shape index (κ2) is 7.28. The summed E-state index contributed by atoms with van der Waals surface area (Å²) in [5, 5.41) is 4.19. The molecule has 1 fully saturated rings. The van der Waals surface area contributed by atoms with Gasteiger partial charge in [-0.15, -0.1) is 0 Å². The van der Waals surface area contributed by atoms with Gasteiger partial charge in [-0.3, -0.25) is 10.1 Å². The van der Waals surface area contributed by atoms with Crippen molar-refractivity contribution in [3.05, 3.63) is 34.9 Å². The molecule has 0 spiro atoms. The number of benzene rings is 1. The number of unbranched alkanes of at least 4 members (excludes halogenated alkanes) is 2. The summed E-state index contributed by atoms with van der Waals surface area (Å²) >= 11 is 6.10. The highest BCUT2D eigenvalue weighted by atomic mass is 35.5. The molecule has 1 N–H and O–H groups in total. The van der Waals surface area contributed by atoms with Gasteiger partial charge in [-0.2, -0.15) is 0 Å². The second-order valence-corrected chi connectivity index (χ2v) is 6.52. The lowest BCUT2D eigenvalue weighted by molar-refractivity contribution is -0.130. The Hall–Kier alpha value is -1.06. The molecular formula is C17H25ClN2O. The van der Waals surface area contributed by atoms with Crippen molar-refractivity contribution in [1.82, 2.24) is 10.2 Å². The molecule has 2 rings (SSSR count). The normalized spacial score (nSPS) is 22.3. The first-order chi connectivity index (χ1) is 10.0. The highest BCUT2D eigenvalue weighted by molar-refractivity contribution is 6.30. The molecule has 2 atom stereocenters. The lowest BCUT2D eigenvalue weighted by Gasteiger charge is -2.24. The molecule has 1 heterocycles.